The largest absolute Gasteiger partial charge is 0.462 e. The summed E-state index contributed by atoms with van der Waals surface area (Å²) in [4.78, 5) is 38.1. The van der Waals surface area contributed by atoms with Gasteiger partial charge in [0.1, 0.15) is 13.2 Å². The van der Waals surface area contributed by atoms with Crippen LogP contribution in [0.2, 0.25) is 0 Å². The van der Waals surface area contributed by atoms with Crippen LogP contribution in [0.4, 0.5) is 0 Å². The Kier molecular flexibility index (Phi) is 51.5. The minimum Gasteiger partial charge on any atom is -0.462 e. The van der Waals surface area contributed by atoms with Crippen LogP contribution >= 0.6 is 0 Å². The van der Waals surface area contributed by atoms with Crippen LogP contribution in [0, 0.1) is 0 Å². The van der Waals surface area contributed by atoms with Crippen molar-refractivity contribution < 1.29 is 28.6 Å². The molecule has 0 amide bonds. The zero-order chi connectivity index (χ0) is 48.6. The number of allylic oxidation sites excluding steroid dienone is 18. The first kappa shape index (κ1) is 63.1. The molecule has 0 radical (unpaired) electrons. The number of carbonyl (C=O) groups is 3. The molecule has 0 aromatic rings. The molecule has 0 aromatic heterocycles. The Morgan fingerprint density at radius 2 is 0.582 bits per heavy atom. The van der Waals surface area contributed by atoms with E-state index in [9.17, 15) is 14.4 Å². The van der Waals surface area contributed by atoms with E-state index in [0.29, 0.717) is 25.7 Å². The Morgan fingerprint density at radius 3 is 0.940 bits per heavy atom. The van der Waals surface area contributed by atoms with Gasteiger partial charge in [-0.3, -0.25) is 14.4 Å². The highest BCUT2D eigenvalue weighted by Gasteiger charge is 2.19. The smallest absolute Gasteiger partial charge is 0.306 e. The van der Waals surface area contributed by atoms with E-state index in [0.717, 1.165) is 96.3 Å². The fourth-order valence-electron chi connectivity index (χ4n) is 7.12. The molecule has 1 atom stereocenters. The predicted octanol–water partition coefficient (Wildman–Crippen LogP) is 18.3. The first-order chi connectivity index (χ1) is 33.0. The van der Waals surface area contributed by atoms with E-state index >= 15 is 0 Å². The molecule has 0 aromatic carbocycles. The highest BCUT2D eigenvalue weighted by molar-refractivity contribution is 5.71. The summed E-state index contributed by atoms with van der Waals surface area (Å²) in [6, 6.07) is 0. The zero-order valence-corrected chi connectivity index (χ0v) is 43.4. The van der Waals surface area contributed by atoms with Crippen molar-refractivity contribution in [2.75, 3.05) is 13.2 Å². The highest BCUT2D eigenvalue weighted by Crippen LogP contribution is 2.14. The second-order valence-electron chi connectivity index (χ2n) is 17.7. The summed E-state index contributed by atoms with van der Waals surface area (Å²) >= 11 is 0. The molecule has 0 aliphatic carbocycles. The quantitative estimate of drug-likeness (QED) is 0.0262. The van der Waals surface area contributed by atoms with E-state index in [4.69, 9.17) is 14.2 Å². The molecule has 0 aliphatic rings. The molecule has 0 saturated carbocycles. The van der Waals surface area contributed by atoms with Crippen LogP contribution in [0.5, 0.6) is 0 Å². The Balaban J connectivity index is 4.51. The maximum Gasteiger partial charge on any atom is 0.306 e. The second kappa shape index (κ2) is 54.7. The van der Waals surface area contributed by atoms with Gasteiger partial charge < -0.3 is 14.2 Å². The Bertz CT molecular complexity index is 1390. The van der Waals surface area contributed by atoms with Gasteiger partial charge in [-0.1, -0.05) is 201 Å². The molecule has 6 heteroatoms. The molecule has 0 saturated heterocycles. The van der Waals surface area contributed by atoms with Crippen LogP contribution in [0.15, 0.2) is 109 Å². The molecule has 0 heterocycles. The van der Waals surface area contributed by atoms with Crippen LogP contribution in [0.25, 0.3) is 0 Å². The minimum absolute atomic E-state index is 0.114. The van der Waals surface area contributed by atoms with Crippen molar-refractivity contribution in [3.05, 3.63) is 109 Å². The molecule has 0 N–H and O–H groups in total. The van der Waals surface area contributed by atoms with Crippen LogP contribution in [0.1, 0.15) is 239 Å². The van der Waals surface area contributed by atoms with E-state index < -0.39 is 6.10 Å². The lowest BCUT2D eigenvalue weighted by molar-refractivity contribution is -0.167. The van der Waals surface area contributed by atoms with Gasteiger partial charge in [0.2, 0.25) is 0 Å². The van der Waals surface area contributed by atoms with Crippen molar-refractivity contribution in [2.24, 2.45) is 0 Å². The SMILES string of the molecule is CC/C=C\C/C=C\C/C=C\C/C=C\CCCCC(=O)OC[C@H](COC(=O)CCCC/C=C\C/C=C\C/C=C\CCCCC)OC(=O)CCCCCCCCCCC/C=C\C/C=C\CCCCC. The number of hydrogen-bond donors (Lipinski definition) is 0. The minimum atomic E-state index is -0.815. The molecule has 6 nitrogen and oxygen atoms in total. The first-order valence-electron chi connectivity index (χ1n) is 27.4. The van der Waals surface area contributed by atoms with Crippen molar-refractivity contribution in [3.8, 4) is 0 Å². The lowest BCUT2D eigenvalue weighted by atomic mass is 10.1. The number of unbranched alkanes of at least 4 members (excludes halogenated alkanes) is 19. The third-order valence-electron chi connectivity index (χ3n) is 11.2. The van der Waals surface area contributed by atoms with Gasteiger partial charge in [-0.05, 0) is 128 Å². The topological polar surface area (TPSA) is 78.9 Å². The van der Waals surface area contributed by atoms with Gasteiger partial charge in [-0.25, -0.2) is 0 Å². The van der Waals surface area contributed by atoms with E-state index in [1.165, 1.54) is 96.3 Å². The Labute approximate surface area is 412 Å². The predicted molar refractivity (Wildman–Crippen MR) is 288 cm³/mol. The first-order valence-corrected chi connectivity index (χ1v) is 27.4. The van der Waals surface area contributed by atoms with E-state index in [-0.39, 0.29) is 31.1 Å². The summed E-state index contributed by atoms with van der Waals surface area (Å²) in [6.07, 6.45) is 73.6. The van der Waals surface area contributed by atoms with Gasteiger partial charge in [0.25, 0.3) is 0 Å². The average molecular weight is 929 g/mol. The molecule has 0 bridgehead atoms. The van der Waals surface area contributed by atoms with Crippen LogP contribution in [0.3, 0.4) is 0 Å². The molecule has 380 valence electrons. The van der Waals surface area contributed by atoms with Gasteiger partial charge in [0.15, 0.2) is 6.10 Å². The van der Waals surface area contributed by atoms with Crippen molar-refractivity contribution in [1.82, 2.24) is 0 Å². The van der Waals surface area contributed by atoms with E-state index in [1.54, 1.807) is 0 Å². The van der Waals surface area contributed by atoms with Crippen molar-refractivity contribution in [2.45, 2.75) is 245 Å². The molecular weight excluding hydrogens is 829 g/mol. The molecule has 0 aliphatic heterocycles. The fraction of sp³-hybridized carbons (Fsp3) is 0.656. The molecule has 0 fully saturated rings. The van der Waals surface area contributed by atoms with Crippen LogP contribution in [-0.4, -0.2) is 37.2 Å². The van der Waals surface area contributed by atoms with Crippen molar-refractivity contribution >= 4 is 17.9 Å². The third kappa shape index (κ3) is 52.9. The maximum absolute atomic E-state index is 12.8. The Morgan fingerprint density at radius 1 is 0.313 bits per heavy atom. The number of carbonyl (C=O) groups excluding carboxylic acids is 3. The van der Waals surface area contributed by atoms with Crippen LogP contribution in [-0.2, 0) is 28.6 Å². The molecule has 0 spiro atoms. The molecule has 67 heavy (non-hydrogen) atoms. The lowest BCUT2D eigenvalue weighted by Crippen LogP contribution is -2.30. The van der Waals surface area contributed by atoms with E-state index in [2.05, 4.69) is 130 Å². The van der Waals surface area contributed by atoms with Crippen molar-refractivity contribution in [1.29, 1.82) is 0 Å². The third-order valence-corrected chi connectivity index (χ3v) is 11.2. The highest BCUT2D eigenvalue weighted by atomic mass is 16.6. The van der Waals surface area contributed by atoms with Crippen LogP contribution < -0.4 is 0 Å². The lowest BCUT2D eigenvalue weighted by Gasteiger charge is -2.18. The summed E-state index contributed by atoms with van der Waals surface area (Å²) < 4.78 is 16.8. The van der Waals surface area contributed by atoms with E-state index in [1.807, 2.05) is 0 Å². The number of hydrogen-bond acceptors (Lipinski definition) is 6. The van der Waals surface area contributed by atoms with Gasteiger partial charge in [0.05, 0.1) is 0 Å². The Hall–Kier alpha value is -3.93. The zero-order valence-electron chi connectivity index (χ0n) is 43.4. The second-order valence-corrected chi connectivity index (χ2v) is 17.7. The summed E-state index contributed by atoms with van der Waals surface area (Å²) in [5, 5.41) is 0. The number of rotatable bonds is 48. The number of ether oxygens (including phenoxy) is 3. The van der Waals surface area contributed by atoms with Gasteiger partial charge >= 0.3 is 17.9 Å². The standard InChI is InChI=1S/C61H100O6/c1-4-7-10-13-16-19-22-25-28-29-30-31-34-37-40-43-46-49-52-55-61(64)67-58(56-65-59(62)53-50-47-44-41-38-35-32-26-23-20-17-14-11-8-5-2)57-66-60(63)54-51-48-45-42-39-36-33-27-24-21-18-15-12-9-6-3/h8,11,16-21,25-28,32-33,38-39,41-42,58H,4-7,9-10,12-15,22-24,29-31,34-37,40,43-57H2,1-3H3/b11-8-,19-16-,20-17-,21-18-,28-25-,32-26-,33-27-,41-38-,42-39-/t58-/m1/s1. The number of esters is 3. The van der Waals surface area contributed by atoms with Crippen molar-refractivity contribution in [3.63, 3.8) is 0 Å². The monoisotopic (exact) mass is 929 g/mol. The molecule has 0 unspecified atom stereocenters. The summed E-state index contributed by atoms with van der Waals surface area (Å²) in [6.45, 7) is 6.39. The summed E-state index contributed by atoms with van der Waals surface area (Å²) in [5.74, 6) is -0.997. The van der Waals surface area contributed by atoms with Gasteiger partial charge in [-0.2, -0.15) is 0 Å². The van der Waals surface area contributed by atoms with Gasteiger partial charge in [-0.15, -0.1) is 0 Å². The maximum atomic E-state index is 12.8. The summed E-state index contributed by atoms with van der Waals surface area (Å²) in [5.41, 5.74) is 0. The fourth-order valence-corrected chi connectivity index (χ4v) is 7.12. The average Bonchev–Trinajstić information content (AvgIpc) is 3.33. The normalized spacial score (nSPS) is 12.9. The molecule has 0 rings (SSSR count). The summed E-state index contributed by atoms with van der Waals surface area (Å²) in [7, 11) is 0. The molecular formula is C61H100O6. The van der Waals surface area contributed by atoms with Gasteiger partial charge in [0, 0.05) is 19.3 Å².